The van der Waals surface area contributed by atoms with Crippen molar-refractivity contribution >= 4 is 28.6 Å². The summed E-state index contributed by atoms with van der Waals surface area (Å²) in [5.41, 5.74) is 2.55. The molecule has 2 heterocycles. The number of hydrogen-bond donors (Lipinski definition) is 1. The van der Waals surface area contributed by atoms with Gasteiger partial charge in [-0.15, -0.1) is 0 Å². The van der Waals surface area contributed by atoms with Gasteiger partial charge in [-0.1, -0.05) is 84.9 Å². The predicted molar refractivity (Wildman–Crippen MR) is 162 cm³/mol. The smallest absolute Gasteiger partial charge is 0.333 e. The van der Waals surface area contributed by atoms with Crippen molar-refractivity contribution in [2.45, 2.75) is 31.7 Å². The maximum Gasteiger partial charge on any atom is 0.333 e. The van der Waals surface area contributed by atoms with E-state index in [4.69, 9.17) is 0 Å². The largest absolute Gasteiger partial charge is 0.333 e. The highest BCUT2D eigenvalue weighted by molar-refractivity contribution is 5.92. The summed E-state index contributed by atoms with van der Waals surface area (Å²) in [4.78, 5) is 44.4. The Kier molecular flexibility index (Phi) is 8.21. The first-order chi connectivity index (χ1) is 21.4. The minimum atomic E-state index is -0.872. The standard InChI is InChI=1S/C34H31FN6O3/c35-28-15-13-24(14-16-28)19-30-33(43)38(21-27-11-6-10-26-9-4-5-12-29(26)27)22-31-40(23-32(42)41(30)31)39(18-17-36)34(44)37-20-25-7-2-1-3-8-25/h1-16,30-31H,18-23H2,(H,37,44)/t30-,31+/m0/s1. The van der Waals surface area contributed by atoms with E-state index in [1.807, 2.05) is 78.9 Å². The predicted octanol–water partition coefficient (Wildman–Crippen LogP) is 4.05. The van der Waals surface area contributed by atoms with Crippen LogP contribution in [0.5, 0.6) is 0 Å². The van der Waals surface area contributed by atoms with E-state index in [1.165, 1.54) is 22.0 Å². The van der Waals surface area contributed by atoms with E-state index in [2.05, 4.69) is 5.32 Å². The van der Waals surface area contributed by atoms with E-state index in [1.54, 1.807) is 22.0 Å². The lowest BCUT2D eigenvalue weighted by molar-refractivity contribution is -0.157. The van der Waals surface area contributed by atoms with Gasteiger partial charge in [-0.05, 0) is 39.6 Å². The summed E-state index contributed by atoms with van der Waals surface area (Å²) in [5.74, 6) is -0.940. The topological polar surface area (TPSA) is 100.0 Å². The molecule has 44 heavy (non-hydrogen) atoms. The first-order valence-electron chi connectivity index (χ1n) is 14.5. The zero-order valence-corrected chi connectivity index (χ0v) is 24.0. The lowest BCUT2D eigenvalue weighted by Crippen LogP contribution is -2.66. The van der Waals surface area contributed by atoms with Crippen molar-refractivity contribution in [1.82, 2.24) is 25.1 Å². The number of urea groups is 1. The molecule has 9 nitrogen and oxygen atoms in total. The van der Waals surface area contributed by atoms with Gasteiger partial charge in [0.1, 0.15) is 24.6 Å². The Labute approximate surface area is 254 Å². The Balaban J connectivity index is 1.32. The van der Waals surface area contributed by atoms with Crippen LogP contribution in [0.1, 0.15) is 16.7 Å². The molecule has 4 aromatic carbocycles. The molecule has 0 saturated carbocycles. The van der Waals surface area contributed by atoms with E-state index in [-0.39, 0.29) is 44.4 Å². The molecule has 4 amide bonds. The van der Waals surface area contributed by atoms with Crippen molar-refractivity contribution in [3.8, 4) is 6.07 Å². The van der Waals surface area contributed by atoms with Gasteiger partial charge in [-0.2, -0.15) is 10.3 Å². The molecule has 2 atom stereocenters. The molecule has 0 aliphatic carbocycles. The fourth-order valence-corrected chi connectivity index (χ4v) is 6.08. The number of hydrazine groups is 1. The molecule has 0 radical (unpaired) electrons. The van der Waals surface area contributed by atoms with Gasteiger partial charge in [-0.3, -0.25) is 9.59 Å². The van der Waals surface area contributed by atoms with Gasteiger partial charge in [-0.25, -0.2) is 14.2 Å². The van der Waals surface area contributed by atoms with Crippen LogP contribution in [-0.4, -0.2) is 69.5 Å². The molecule has 2 fully saturated rings. The minimum absolute atomic E-state index is 0.140. The van der Waals surface area contributed by atoms with Crippen LogP contribution in [0.3, 0.4) is 0 Å². The van der Waals surface area contributed by atoms with Crippen LogP contribution in [0.4, 0.5) is 9.18 Å². The molecule has 2 saturated heterocycles. The van der Waals surface area contributed by atoms with E-state index >= 15 is 0 Å². The summed E-state index contributed by atoms with van der Waals surface area (Å²) in [6.45, 7) is 0.238. The van der Waals surface area contributed by atoms with E-state index in [9.17, 15) is 24.0 Å². The maximum atomic E-state index is 14.1. The second kappa shape index (κ2) is 12.5. The quantitative estimate of drug-likeness (QED) is 0.312. The molecule has 2 aliphatic rings. The van der Waals surface area contributed by atoms with E-state index in [0.29, 0.717) is 12.1 Å². The van der Waals surface area contributed by atoms with Crippen molar-refractivity contribution in [3.63, 3.8) is 0 Å². The number of piperazine rings is 1. The van der Waals surface area contributed by atoms with Gasteiger partial charge in [0.25, 0.3) is 0 Å². The van der Waals surface area contributed by atoms with Gasteiger partial charge < -0.3 is 15.1 Å². The van der Waals surface area contributed by atoms with Gasteiger partial charge in [0.2, 0.25) is 11.8 Å². The number of benzene rings is 4. The molecule has 0 aromatic heterocycles. The van der Waals surface area contributed by atoms with Crippen molar-refractivity contribution in [3.05, 3.63) is 120 Å². The van der Waals surface area contributed by atoms with Crippen LogP contribution in [0.25, 0.3) is 10.8 Å². The number of amides is 4. The lowest BCUT2D eigenvalue weighted by Gasteiger charge is -2.46. The number of carbonyl (C=O) groups is 3. The van der Waals surface area contributed by atoms with Crippen LogP contribution in [-0.2, 0) is 29.1 Å². The monoisotopic (exact) mass is 590 g/mol. The highest BCUT2D eigenvalue weighted by Gasteiger charge is 2.52. The number of rotatable bonds is 8. The lowest BCUT2D eigenvalue weighted by atomic mass is 9.99. The fraction of sp³-hybridized carbons (Fsp3) is 0.235. The zero-order valence-electron chi connectivity index (χ0n) is 24.0. The third-order valence-corrected chi connectivity index (χ3v) is 8.20. The molecule has 0 bridgehead atoms. The van der Waals surface area contributed by atoms with Crippen LogP contribution >= 0.6 is 0 Å². The highest BCUT2D eigenvalue weighted by atomic mass is 19.1. The number of nitrogens with zero attached hydrogens (tertiary/aromatic N) is 5. The Hall–Kier alpha value is -5.27. The number of hydrogen-bond acceptors (Lipinski definition) is 5. The molecule has 6 rings (SSSR count). The van der Waals surface area contributed by atoms with Crippen LogP contribution in [0.2, 0.25) is 0 Å². The Bertz CT molecular complexity index is 1720. The number of halogens is 1. The Morgan fingerprint density at radius 1 is 0.932 bits per heavy atom. The third-order valence-electron chi connectivity index (χ3n) is 8.20. The van der Waals surface area contributed by atoms with Crippen LogP contribution in [0, 0.1) is 17.1 Å². The maximum absolute atomic E-state index is 14.1. The molecule has 10 heteroatoms. The number of nitrogens with one attached hydrogen (secondary N) is 1. The summed E-state index contributed by atoms with van der Waals surface area (Å²) in [5, 5.41) is 17.4. The number of nitriles is 1. The molecule has 1 N–H and O–H groups in total. The number of carbonyl (C=O) groups excluding carboxylic acids is 3. The SMILES string of the molecule is N#CCN(C(=O)NCc1ccccc1)N1CC(=O)N2[C@@H](Cc3ccc(F)cc3)C(=O)N(Cc3cccc4ccccc34)C[C@@H]21. The average molecular weight is 591 g/mol. The summed E-state index contributed by atoms with van der Waals surface area (Å²) in [7, 11) is 0. The van der Waals surface area contributed by atoms with Crippen molar-refractivity contribution in [2.24, 2.45) is 0 Å². The van der Waals surface area contributed by atoms with E-state index in [0.717, 1.165) is 21.9 Å². The summed E-state index contributed by atoms with van der Waals surface area (Å²) >= 11 is 0. The minimum Gasteiger partial charge on any atom is -0.333 e. The summed E-state index contributed by atoms with van der Waals surface area (Å²) < 4.78 is 13.7. The first kappa shape index (κ1) is 28.8. The van der Waals surface area contributed by atoms with Crippen LogP contribution in [0.15, 0.2) is 97.1 Å². The van der Waals surface area contributed by atoms with Gasteiger partial charge in [0.05, 0.1) is 19.2 Å². The Morgan fingerprint density at radius 3 is 2.43 bits per heavy atom. The normalized spacial score (nSPS) is 18.3. The molecule has 2 aliphatic heterocycles. The summed E-state index contributed by atoms with van der Waals surface area (Å²) in [6.07, 6.45) is -0.504. The molecular weight excluding hydrogens is 559 g/mol. The first-order valence-corrected chi connectivity index (χ1v) is 14.5. The van der Waals surface area contributed by atoms with Crippen LogP contribution < -0.4 is 5.32 Å². The third kappa shape index (κ3) is 5.82. The van der Waals surface area contributed by atoms with Gasteiger partial charge >= 0.3 is 6.03 Å². The molecule has 222 valence electrons. The molecular formula is C34H31FN6O3. The molecule has 0 spiro atoms. The Morgan fingerprint density at radius 2 is 1.66 bits per heavy atom. The number of fused-ring (bicyclic) bond motifs is 2. The highest BCUT2D eigenvalue weighted by Crippen LogP contribution is 2.31. The molecule has 0 unspecified atom stereocenters. The van der Waals surface area contributed by atoms with E-state index < -0.39 is 24.1 Å². The van der Waals surface area contributed by atoms with Gasteiger partial charge in [0, 0.05) is 19.5 Å². The zero-order chi connectivity index (χ0) is 30.6. The average Bonchev–Trinajstić information content (AvgIpc) is 3.37. The molecule has 4 aromatic rings. The second-order valence-electron chi connectivity index (χ2n) is 10.9. The van der Waals surface area contributed by atoms with Crippen molar-refractivity contribution < 1.29 is 18.8 Å². The van der Waals surface area contributed by atoms with Crippen molar-refractivity contribution in [2.75, 3.05) is 19.6 Å². The van der Waals surface area contributed by atoms with Crippen molar-refractivity contribution in [1.29, 1.82) is 5.26 Å². The second-order valence-corrected chi connectivity index (χ2v) is 10.9. The summed E-state index contributed by atoms with van der Waals surface area (Å²) in [6, 6.07) is 29.8. The van der Waals surface area contributed by atoms with Gasteiger partial charge in [0.15, 0.2) is 0 Å². The fourth-order valence-electron chi connectivity index (χ4n) is 6.08.